The molecule has 1 aliphatic heterocycles. The third kappa shape index (κ3) is 5.80. The number of likely N-dealkylation sites (tertiary alicyclic amines) is 1. The number of hydrogen-bond acceptors (Lipinski definition) is 5. The highest BCUT2D eigenvalue weighted by molar-refractivity contribution is 6.36. The van der Waals surface area contributed by atoms with Crippen LogP contribution in [0.5, 0.6) is 5.75 Å². The second-order valence-corrected chi connectivity index (χ2v) is 11.2. The van der Waals surface area contributed by atoms with E-state index in [0.29, 0.717) is 22.4 Å². The number of allylic oxidation sites excluding steroid dienone is 1. The van der Waals surface area contributed by atoms with E-state index in [-0.39, 0.29) is 12.8 Å². The topological polar surface area (TPSA) is 51.4 Å². The molecular formula is C32H30Cl2FN3O2. The van der Waals surface area contributed by atoms with E-state index < -0.39 is 0 Å². The predicted molar refractivity (Wildman–Crippen MR) is 158 cm³/mol. The third-order valence-electron chi connectivity index (χ3n) is 7.70. The van der Waals surface area contributed by atoms with Crippen LogP contribution in [0, 0.1) is 0 Å². The highest BCUT2D eigenvalue weighted by Crippen LogP contribution is 2.43. The second kappa shape index (κ2) is 12.1. The number of aryl methyl sites for hydroxylation is 1. The van der Waals surface area contributed by atoms with Gasteiger partial charge in [-0.25, -0.2) is 0 Å². The maximum absolute atomic E-state index is 12.6. The molecule has 8 heteroatoms. The van der Waals surface area contributed by atoms with Gasteiger partial charge in [0.25, 0.3) is 0 Å². The fourth-order valence-corrected chi connectivity index (χ4v) is 6.35. The number of halogens is 3. The highest BCUT2D eigenvalue weighted by atomic mass is 35.5. The van der Waals surface area contributed by atoms with E-state index in [1.807, 2.05) is 36.4 Å². The molecule has 2 aliphatic rings. The number of rotatable bonds is 8. The molecule has 0 bridgehead atoms. The molecule has 6 rings (SSSR count). The smallest absolute Gasteiger partial charge is 0.247 e. The minimum Gasteiger partial charge on any atom is -0.489 e. The van der Waals surface area contributed by atoms with E-state index in [1.165, 1.54) is 17.5 Å². The van der Waals surface area contributed by atoms with E-state index in [4.69, 9.17) is 32.4 Å². The summed E-state index contributed by atoms with van der Waals surface area (Å²) in [6.07, 6.45) is 5.76. The van der Waals surface area contributed by atoms with Gasteiger partial charge in [-0.05, 0) is 102 Å². The Morgan fingerprint density at radius 3 is 2.58 bits per heavy atom. The van der Waals surface area contributed by atoms with E-state index in [9.17, 15) is 4.39 Å². The summed E-state index contributed by atoms with van der Waals surface area (Å²) in [5, 5.41) is 9.20. The predicted octanol–water partition coefficient (Wildman–Crippen LogP) is 8.15. The van der Waals surface area contributed by atoms with Gasteiger partial charge >= 0.3 is 0 Å². The number of ether oxygens (including phenoxy) is 1. The molecular weight excluding hydrogens is 548 g/mol. The van der Waals surface area contributed by atoms with Crippen LogP contribution in [-0.2, 0) is 6.42 Å². The number of aromatic nitrogens is 2. The molecule has 1 atom stereocenters. The van der Waals surface area contributed by atoms with Crippen LogP contribution in [0.25, 0.3) is 22.6 Å². The fourth-order valence-electron chi connectivity index (χ4n) is 5.83. The van der Waals surface area contributed by atoms with Crippen molar-refractivity contribution in [3.8, 4) is 17.2 Å². The number of nitrogens with zero attached hydrogens (tertiary/aromatic N) is 3. The van der Waals surface area contributed by atoms with E-state index in [1.54, 1.807) is 0 Å². The van der Waals surface area contributed by atoms with Crippen molar-refractivity contribution >= 4 is 34.3 Å². The molecule has 1 fully saturated rings. The maximum Gasteiger partial charge on any atom is 0.247 e. The minimum atomic E-state index is -0.274. The molecule has 0 N–H and O–H groups in total. The molecule has 0 saturated carbocycles. The largest absolute Gasteiger partial charge is 0.489 e. The Bertz CT molecular complexity index is 1510. The first-order valence-electron chi connectivity index (χ1n) is 13.7. The first-order chi connectivity index (χ1) is 19.6. The first kappa shape index (κ1) is 27.0. The summed E-state index contributed by atoms with van der Waals surface area (Å²) in [5.74, 6) is 1.35. The molecule has 3 aromatic carbocycles. The summed E-state index contributed by atoms with van der Waals surface area (Å²) >= 11 is 13.0. The minimum absolute atomic E-state index is 0.120. The quantitative estimate of drug-likeness (QED) is 0.211. The van der Waals surface area contributed by atoms with Crippen molar-refractivity contribution in [1.29, 1.82) is 0 Å². The molecule has 0 amide bonds. The molecule has 5 nitrogen and oxygen atoms in total. The lowest BCUT2D eigenvalue weighted by atomic mass is 9.87. The summed E-state index contributed by atoms with van der Waals surface area (Å²) in [7, 11) is 0. The van der Waals surface area contributed by atoms with Gasteiger partial charge in [0.2, 0.25) is 12.3 Å². The normalized spacial score (nSPS) is 17.6. The number of alkyl halides is 1. The molecule has 1 aromatic heterocycles. The molecule has 0 radical (unpaired) electrons. The molecule has 206 valence electrons. The molecule has 1 saturated heterocycles. The summed E-state index contributed by atoms with van der Waals surface area (Å²) in [6, 6.07) is 20.4. The zero-order chi connectivity index (χ0) is 27.5. The van der Waals surface area contributed by atoms with Gasteiger partial charge < -0.3 is 9.15 Å². The Morgan fingerprint density at radius 2 is 1.80 bits per heavy atom. The van der Waals surface area contributed by atoms with Crippen LogP contribution < -0.4 is 4.74 Å². The van der Waals surface area contributed by atoms with Gasteiger partial charge in [0.05, 0.1) is 6.67 Å². The lowest BCUT2D eigenvalue weighted by Gasteiger charge is -2.19. The van der Waals surface area contributed by atoms with Gasteiger partial charge in [0, 0.05) is 35.2 Å². The average Bonchev–Trinajstić information content (AvgIpc) is 3.62. The van der Waals surface area contributed by atoms with Gasteiger partial charge in [-0.15, -0.1) is 10.2 Å². The molecule has 2 heterocycles. The monoisotopic (exact) mass is 577 g/mol. The third-order valence-corrected chi connectivity index (χ3v) is 8.24. The zero-order valence-electron chi connectivity index (χ0n) is 22.1. The Morgan fingerprint density at radius 1 is 0.975 bits per heavy atom. The van der Waals surface area contributed by atoms with E-state index in [0.717, 1.165) is 78.9 Å². The van der Waals surface area contributed by atoms with Crippen molar-refractivity contribution in [2.45, 2.75) is 38.2 Å². The standard InChI is InChI=1S/C32H30Cl2FN3O2/c33-24-8-12-28(30(34)18-24)29-4-1-3-22-17-23(32-37-36-20-39-32)7-11-27(22)31(29)21-5-9-25(10-6-21)40-26-13-16-38(19-26)15-2-14-35/h5-12,17-18,20,26H,1-4,13-16,19H2/t26-/m0/s1. The highest BCUT2D eigenvalue weighted by Gasteiger charge is 2.25. The van der Waals surface area contributed by atoms with Gasteiger partial charge in [-0.3, -0.25) is 9.29 Å². The van der Waals surface area contributed by atoms with Gasteiger partial charge in [0.15, 0.2) is 0 Å². The van der Waals surface area contributed by atoms with Crippen LogP contribution in [0.4, 0.5) is 4.39 Å². The SMILES string of the molecule is FCCCN1CC[C@H](Oc2ccc(C3=C(c4ccc(Cl)cc4Cl)CCCc4cc(-c5nnco5)ccc43)cc2)C1. The Kier molecular flexibility index (Phi) is 8.19. The van der Waals surface area contributed by atoms with Crippen LogP contribution in [0.2, 0.25) is 10.0 Å². The lowest BCUT2D eigenvalue weighted by molar-refractivity contribution is 0.198. The summed E-state index contributed by atoms with van der Waals surface area (Å²) < 4.78 is 24.4. The summed E-state index contributed by atoms with van der Waals surface area (Å²) in [6.45, 7) is 2.29. The summed E-state index contributed by atoms with van der Waals surface area (Å²) in [4.78, 5) is 2.27. The van der Waals surface area contributed by atoms with Crippen LogP contribution in [0.1, 0.15) is 47.9 Å². The van der Waals surface area contributed by atoms with Crippen LogP contribution >= 0.6 is 23.2 Å². The molecule has 0 unspecified atom stereocenters. The number of benzene rings is 3. The lowest BCUT2D eigenvalue weighted by Crippen LogP contribution is -2.26. The van der Waals surface area contributed by atoms with Crippen LogP contribution in [-0.4, -0.2) is 47.5 Å². The van der Waals surface area contributed by atoms with Crippen molar-refractivity contribution in [1.82, 2.24) is 15.1 Å². The van der Waals surface area contributed by atoms with Crippen molar-refractivity contribution < 1.29 is 13.5 Å². The summed E-state index contributed by atoms with van der Waals surface area (Å²) in [5.41, 5.74) is 7.73. The maximum atomic E-state index is 12.6. The zero-order valence-corrected chi connectivity index (χ0v) is 23.6. The van der Waals surface area contributed by atoms with Crippen molar-refractivity contribution in [2.75, 3.05) is 26.3 Å². The second-order valence-electron chi connectivity index (χ2n) is 10.3. The van der Waals surface area contributed by atoms with Crippen molar-refractivity contribution in [2.24, 2.45) is 0 Å². The number of hydrogen-bond donors (Lipinski definition) is 0. The van der Waals surface area contributed by atoms with Crippen molar-refractivity contribution in [3.05, 3.63) is 99.4 Å². The van der Waals surface area contributed by atoms with Crippen LogP contribution in [0.15, 0.2) is 71.5 Å². The Hall–Kier alpha value is -3.19. The molecule has 4 aromatic rings. The Balaban J connectivity index is 1.36. The van der Waals surface area contributed by atoms with Crippen LogP contribution in [0.3, 0.4) is 0 Å². The van der Waals surface area contributed by atoms with Crippen molar-refractivity contribution in [3.63, 3.8) is 0 Å². The van der Waals surface area contributed by atoms with E-state index in [2.05, 4.69) is 39.4 Å². The molecule has 1 aliphatic carbocycles. The number of fused-ring (bicyclic) bond motifs is 1. The van der Waals surface area contributed by atoms with Gasteiger partial charge in [-0.2, -0.15) is 0 Å². The van der Waals surface area contributed by atoms with E-state index >= 15 is 0 Å². The fraction of sp³-hybridized carbons (Fsp3) is 0.312. The molecule has 0 spiro atoms. The average molecular weight is 579 g/mol. The first-order valence-corrected chi connectivity index (χ1v) is 14.5. The van der Waals surface area contributed by atoms with Gasteiger partial charge in [-0.1, -0.05) is 47.5 Å². The van der Waals surface area contributed by atoms with Gasteiger partial charge in [0.1, 0.15) is 11.9 Å². The molecule has 40 heavy (non-hydrogen) atoms. The Labute approximate surface area is 243 Å².